The predicted molar refractivity (Wildman–Crippen MR) is 150 cm³/mol. The maximum absolute atomic E-state index is 12.6. The molecule has 0 aliphatic carbocycles. The number of anilines is 2. The fourth-order valence-corrected chi connectivity index (χ4v) is 3.98. The van der Waals surface area contributed by atoms with Crippen LogP contribution in [0.4, 0.5) is 11.4 Å². The highest BCUT2D eigenvalue weighted by molar-refractivity contribution is 5.95. The van der Waals surface area contributed by atoms with Crippen LogP contribution in [0.2, 0.25) is 0 Å². The molecule has 0 saturated carbocycles. The number of hydrogen-bond donors (Lipinski definition) is 2. The molecule has 0 aromatic heterocycles. The van der Waals surface area contributed by atoms with Gasteiger partial charge in [-0.3, -0.25) is 9.59 Å². The van der Waals surface area contributed by atoms with E-state index in [2.05, 4.69) is 38.3 Å². The zero-order valence-corrected chi connectivity index (χ0v) is 22.5. The Morgan fingerprint density at radius 3 is 1.73 bits per heavy atom. The van der Waals surface area contributed by atoms with Crippen molar-refractivity contribution >= 4 is 23.2 Å². The van der Waals surface area contributed by atoms with Gasteiger partial charge in [0.25, 0.3) is 11.8 Å². The normalized spacial score (nSPS) is 12.4. The van der Waals surface area contributed by atoms with Crippen molar-refractivity contribution in [2.75, 3.05) is 23.8 Å². The van der Waals surface area contributed by atoms with Crippen LogP contribution in [-0.2, 0) is 9.59 Å². The highest BCUT2D eigenvalue weighted by atomic mass is 16.5. The van der Waals surface area contributed by atoms with E-state index in [0.717, 1.165) is 41.0 Å². The molecule has 0 aliphatic heterocycles. The molecule has 196 valence electrons. The van der Waals surface area contributed by atoms with Crippen molar-refractivity contribution in [2.24, 2.45) is 0 Å². The summed E-state index contributed by atoms with van der Waals surface area (Å²) in [5, 5.41) is 5.75. The molecular weight excluding hydrogens is 464 g/mol. The lowest BCUT2D eigenvalue weighted by molar-refractivity contribution is -0.118. The average molecular weight is 503 g/mol. The highest BCUT2D eigenvalue weighted by Crippen LogP contribution is 2.29. The van der Waals surface area contributed by atoms with Crippen molar-refractivity contribution < 1.29 is 19.1 Å². The zero-order chi connectivity index (χ0) is 26.8. The van der Waals surface area contributed by atoms with E-state index in [1.165, 1.54) is 0 Å². The quantitative estimate of drug-likeness (QED) is 0.278. The summed E-state index contributed by atoms with van der Waals surface area (Å²) >= 11 is 0. The lowest BCUT2D eigenvalue weighted by Gasteiger charge is -2.16. The van der Waals surface area contributed by atoms with Crippen molar-refractivity contribution in [3.05, 3.63) is 83.4 Å². The van der Waals surface area contributed by atoms with Gasteiger partial charge in [0.1, 0.15) is 11.5 Å². The third-order valence-corrected chi connectivity index (χ3v) is 6.64. The third kappa shape index (κ3) is 7.84. The Kier molecular flexibility index (Phi) is 10.1. The van der Waals surface area contributed by atoms with E-state index >= 15 is 0 Å². The summed E-state index contributed by atoms with van der Waals surface area (Å²) in [6, 6.07) is 21.0. The molecule has 2 amide bonds. The van der Waals surface area contributed by atoms with E-state index in [9.17, 15) is 9.59 Å². The minimum Gasteiger partial charge on any atom is -0.483 e. The Hall–Kier alpha value is -3.80. The van der Waals surface area contributed by atoms with Gasteiger partial charge < -0.3 is 20.1 Å². The number of nitrogens with one attached hydrogen (secondary N) is 2. The van der Waals surface area contributed by atoms with E-state index in [-0.39, 0.29) is 25.0 Å². The van der Waals surface area contributed by atoms with Gasteiger partial charge in [-0.25, -0.2) is 0 Å². The summed E-state index contributed by atoms with van der Waals surface area (Å²) in [5.74, 6) is 1.59. The summed E-state index contributed by atoms with van der Waals surface area (Å²) in [4.78, 5) is 25.2. The number of hydrogen-bond acceptors (Lipinski definition) is 4. The molecule has 2 atom stereocenters. The number of carbonyl (C=O) groups is 2. The second-order valence-corrected chi connectivity index (χ2v) is 9.40. The van der Waals surface area contributed by atoms with Gasteiger partial charge >= 0.3 is 0 Å². The smallest absolute Gasteiger partial charge is 0.262 e. The fraction of sp³-hybridized carbons (Fsp3) is 0.355. The molecule has 0 saturated heterocycles. The lowest BCUT2D eigenvalue weighted by atomic mass is 9.98. The van der Waals surface area contributed by atoms with Gasteiger partial charge in [0.2, 0.25) is 0 Å². The predicted octanol–water partition coefficient (Wildman–Crippen LogP) is 7.06. The monoisotopic (exact) mass is 502 g/mol. The number of benzene rings is 3. The Morgan fingerprint density at radius 2 is 1.22 bits per heavy atom. The SMILES string of the molecule is CCC(C)c1ccccc1OCC(=O)Nc1ccc(C)c(NC(=O)COc2ccccc2C(C)CC)c1. The summed E-state index contributed by atoms with van der Waals surface area (Å²) in [6.45, 7) is 10.2. The van der Waals surface area contributed by atoms with Crippen LogP contribution in [-0.4, -0.2) is 25.0 Å². The molecule has 2 N–H and O–H groups in total. The number of carbonyl (C=O) groups excluding carboxylic acids is 2. The first-order chi connectivity index (χ1) is 17.8. The molecule has 0 bridgehead atoms. The average Bonchev–Trinajstić information content (AvgIpc) is 2.92. The largest absolute Gasteiger partial charge is 0.483 e. The minimum absolute atomic E-state index is 0.104. The molecule has 0 radical (unpaired) electrons. The lowest BCUT2D eigenvalue weighted by Crippen LogP contribution is -2.22. The molecular formula is C31H38N2O4. The van der Waals surface area contributed by atoms with Crippen LogP contribution in [0.3, 0.4) is 0 Å². The molecule has 37 heavy (non-hydrogen) atoms. The molecule has 0 spiro atoms. The maximum atomic E-state index is 12.6. The third-order valence-electron chi connectivity index (χ3n) is 6.64. The Labute approximate surface area is 220 Å². The van der Waals surface area contributed by atoms with E-state index in [4.69, 9.17) is 9.47 Å². The van der Waals surface area contributed by atoms with Crippen LogP contribution < -0.4 is 20.1 Å². The zero-order valence-electron chi connectivity index (χ0n) is 22.5. The first kappa shape index (κ1) is 27.8. The van der Waals surface area contributed by atoms with Crippen molar-refractivity contribution in [1.29, 1.82) is 0 Å². The minimum atomic E-state index is -0.273. The van der Waals surface area contributed by atoms with Gasteiger partial charge in [0, 0.05) is 11.4 Å². The van der Waals surface area contributed by atoms with Crippen LogP contribution in [0.15, 0.2) is 66.7 Å². The Morgan fingerprint density at radius 1 is 0.730 bits per heavy atom. The molecule has 3 aromatic carbocycles. The molecule has 0 fully saturated rings. The van der Waals surface area contributed by atoms with Gasteiger partial charge in [-0.15, -0.1) is 0 Å². The summed E-state index contributed by atoms with van der Waals surface area (Å²) in [6.07, 6.45) is 1.97. The number of amides is 2. The van der Waals surface area contributed by atoms with Crippen LogP contribution in [0, 0.1) is 6.92 Å². The Balaban J connectivity index is 1.58. The standard InChI is InChI=1S/C31H38N2O4/c1-6-21(3)25-12-8-10-14-28(25)36-19-30(34)32-24-17-16-23(5)27(18-24)33-31(35)20-37-29-15-11-9-13-26(29)22(4)7-2/h8-18,21-22H,6-7,19-20H2,1-5H3,(H,32,34)(H,33,35). The molecule has 0 heterocycles. The maximum Gasteiger partial charge on any atom is 0.262 e. The number of para-hydroxylation sites is 2. The summed E-state index contributed by atoms with van der Waals surface area (Å²) in [7, 11) is 0. The van der Waals surface area contributed by atoms with Gasteiger partial charge in [0.15, 0.2) is 13.2 Å². The molecule has 2 unspecified atom stereocenters. The van der Waals surface area contributed by atoms with Crippen molar-refractivity contribution in [3.63, 3.8) is 0 Å². The highest BCUT2D eigenvalue weighted by Gasteiger charge is 2.14. The molecule has 3 aromatic rings. The van der Waals surface area contributed by atoms with E-state index in [0.29, 0.717) is 23.2 Å². The van der Waals surface area contributed by atoms with Crippen LogP contribution in [0.25, 0.3) is 0 Å². The van der Waals surface area contributed by atoms with Crippen LogP contribution >= 0.6 is 0 Å². The number of rotatable bonds is 12. The molecule has 6 nitrogen and oxygen atoms in total. The van der Waals surface area contributed by atoms with Crippen LogP contribution in [0.1, 0.15) is 69.1 Å². The van der Waals surface area contributed by atoms with Gasteiger partial charge in [0.05, 0.1) is 0 Å². The summed E-state index contributed by atoms with van der Waals surface area (Å²) < 4.78 is 11.7. The second kappa shape index (κ2) is 13.5. The fourth-order valence-electron chi connectivity index (χ4n) is 3.98. The first-order valence-electron chi connectivity index (χ1n) is 13.0. The topological polar surface area (TPSA) is 76.7 Å². The van der Waals surface area contributed by atoms with Gasteiger partial charge in [-0.1, -0.05) is 70.2 Å². The molecule has 0 aliphatic rings. The first-order valence-corrected chi connectivity index (χ1v) is 13.0. The van der Waals surface area contributed by atoms with Crippen molar-refractivity contribution in [1.82, 2.24) is 0 Å². The molecule has 6 heteroatoms. The summed E-state index contributed by atoms with van der Waals surface area (Å²) in [5.41, 5.74) is 4.25. The van der Waals surface area contributed by atoms with E-state index < -0.39 is 0 Å². The van der Waals surface area contributed by atoms with Crippen molar-refractivity contribution in [2.45, 2.75) is 59.3 Å². The molecule has 3 rings (SSSR count). The second-order valence-electron chi connectivity index (χ2n) is 9.40. The van der Waals surface area contributed by atoms with Crippen LogP contribution in [0.5, 0.6) is 11.5 Å². The van der Waals surface area contributed by atoms with Crippen molar-refractivity contribution in [3.8, 4) is 11.5 Å². The van der Waals surface area contributed by atoms with E-state index in [1.54, 1.807) is 12.1 Å². The van der Waals surface area contributed by atoms with Gasteiger partial charge in [-0.2, -0.15) is 0 Å². The van der Waals surface area contributed by atoms with Gasteiger partial charge in [-0.05, 0) is 72.6 Å². The number of aryl methyl sites for hydroxylation is 1. The van der Waals surface area contributed by atoms with E-state index in [1.807, 2.05) is 61.5 Å². The number of ether oxygens (including phenoxy) is 2. The Bertz CT molecular complexity index is 1210.